The highest BCUT2D eigenvalue weighted by atomic mass is 16.7. The summed E-state index contributed by atoms with van der Waals surface area (Å²) in [5, 5.41) is 11.3. The van der Waals surface area contributed by atoms with Crippen LogP contribution >= 0.6 is 0 Å². The summed E-state index contributed by atoms with van der Waals surface area (Å²) >= 11 is 0. The van der Waals surface area contributed by atoms with E-state index in [1.807, 2.05) is 0 Å². The number of anilines is 2. The van der Waals surface area contributed by atoms with E-state index in [9.17, 15) is 0 Å². The molecule has 0 aliphatic carbocycles. The Morgan fingerprint density at radius 3 is 2.81 bits per heavy atom. The highest BCUT2D eigenvalue weighted by Crippen LogP contribution is 2.32. The van der Waals surface area contributed by atoms with Crippen molar-refractivity contribution in [2.45, 2.75) is 18.6 Å². The van der Waals surface area contributed by atoms with E-state index in [1.165, 1.54) is 0 Å². The van der Waals surface area contributed by atoms with Gasteiger partial charge in [-0.15, -0.1) is 5.10 Å². The van der Waals surface area contributed by atoms with Gasteiger partial charge in [-0.25, -0.2) is 0 Å². The molecule has 21 heavy (non-hydrogen) atoms. The third-order valence-electron chi connectivity index (χ3n) is 3.78. The van der Waals surface area contributed by atoms with Crippen molar-refractivity contribution >= 4 is 11.8 Å². The fraction of sp³-hybridized carbons (Fsp3) is 0.769. The first-order chi connectivity index (χ1) is 10.3. The summed E-state index contributed by atoms with van der Waals surface area (Å²) in [6.07, 6.45) is 3.28. The Balaban J connectivity index is 1.58. The summed E-state index contributed by atoms with van der Waals surface area (Å²) in [6, 6.07) is 0. The Morgan fingerprint density at radius 1 is 1.33 bits per heavy atom. The first-order valence-corrected chi connectivity index (χ1v) is 7.27. The summed E-state index contributed by atoms with van der Waals surface area (Å²) in [5.41, 5.74) is 0. The Morgan fingerprint density at radius 2 is 2.10 bits per heavy atom. The van der Waals surface area contributed by atoms with Gasteiger partial charge < -0.3 is 24.4 Å². The molecule has 1 aromatic rings. The second-order valence-electron chi connectivity index (χ2n) is 5.16. The van der Waals surface area contributed by atoms with E-state index in [-0.39, 0.29) is 5.79 Å². The summed E-state index contributed by atoms with van der Waals surface area (Å²) in [5.74, 6) is 0.981. The van der Waals surface area contributed by atoms with Gasteiger partial charge in [0.25, 0.3) is 0 Å². The molecule has 0 saturated carbocycles. The maximum atomic E-state index is 5.72. The topological polar surface area (TPSA) is 81.6 Å². The Kier molecular flexibility index (Phi) is 4.47. The standard InChI is InChI=1S/C13H21N5O3/c1-19-7-4-14-11-10-15-17-12(16-11)18-5-2-13(3-6-18)20-8-9-21-13/h10H,2-9H2,1H3,(H,14,16,17). The molecule has 1 N–H and O–H groups in total. The van der Waals surface area contributed by atoms with Crippen LogP contribution in [0.3, 0.4) is 0 Å². The monoisotopic (exact) mass is 295 g/mol. The summed E-state index contributed by atoms with van der Waals surface area (Å²) in [6.45, 7) is 4.32. The van der Waals surface area contributed by atoms with Crippen molar-refractivity contribution < 1.29 is 14.2 Å². The predicted molar refractivity (Wildman–Crippen MR) is 76.3 cm³/mol. The molecule has 0 radical (unpaired) electrons. The van der Waals surface area contributed by atoms with E-state index in [0.717, 1.165) is 25.9 Å². The molecular weight excluding hydrogens is 274 g/mol. The van der Waals surface area contributed by atoms with Gasteiger partial charge in [0.1, 0.15) is 0 Å². The summed E-state index contributed by atoms with van der Waals surface area (Å²) < 4.78 is 16.4. The predicted octanol–water partition coefficient (Wildman–Crippen LogP) is 0.273. The van der Waals surface area contributed by atoms with Crippen LogP contribution in [0.4, 0.5) is 11.8 Å². The number of hydrogen-bond acceptors (Lipinski definition) is 8. The van der Waals surface area contributed by atoms with Crippen LogP contribution in [0.15, 0.2) is 6.20 Å². The van der Waals surface area contributed by atoms with Crippen LogP contribution in [-0.4, -0.2) is 67.5 Å². The molecule has 2 aliphatic rings. The lowest BCUT2D eigenvalue weighted by Gasteiger charge is -2.37. The molecular formula is C13H21N5O3. The van der Waals surface area contributed by atoms with Crippen LogP contribution in [-0.2, 0) is 14.2 Å². The van der Waals surface area contributed by atoms with Gasteiger partial charge in [0.15, 0.2) is 11.6 Å². The molecule has 0 bridgehead atoms. The zero-order valence-corrected chi connectivity index (χ0v) is 12.2. The molecule has 1 spiro atoms. The first-order valence-electron chi connectivity index (χ1n) is 7.27. The normalized spacial score (nSPS) is 20.9. The number of aromatic nitrogens is 3. The SMILES string of the molecule is COCCNc1cnnc(N2CCC3(CC2)OCCO3)n1. The fourth-order valence-corrected chi connectivity index (χ4v) is 2.63. The maximum absolute atomic E-state index is 5.72. The number of hydrogen-bond donors (Lipinski definition) is 1. The number of methoxy groups -OCH3 is 1. The van der Waals surface area contributed by atoms with E-state index >= 15 is 0 Å². The summed E-state index contributed by atoms with van der Waals surface area (Å²) in [7, 11) is 1.67. The van der Waals surface area contributed by atoms with Crippen molar-refractivity contribution in [3.63, 3.8) is 0 Å². The molecule has 3 rings (SSSR count). The largest absolute Gasteiger partial charge is 0.383 e. The molecule has 8 nitrogen and oxygen atoms in total. The average molecular weight is 295 g/mol. The number of nitrogens with zero attached hydrogens (tertiary/aromatic N) is 4. The molecule has 2 aliphatic heterocycles. The molecule has 0 aromatic carbocycles. The number of piperidine rings is 1. The van der Waals surface area contributed by atoms with Crippen LogP contribution in [0.25, 0.3) is 0 Å². The van der Waals surface area contributed by atoms with Gasteiger partial charge in [-0.3, -0.25) is 0 Å². The van der Waals surface area contributed by atoms with Crippen molar-refractivity contribution in [2.75, 3.05) is 56.8 Å². The van der Waals surface area contributed by atoms with Gasteiger partial charge in [0, 0.05) is 39.6 Å². The smallest absolute Gasteiger partial charge is 0.247 e. The molecule has 2 fully saturated rings. The van der Waals surface area contributed by atoms with Gasteiger partial charge in [0.05, 0.1) is 26.0 Å². The van der Waals surface area contributed by atoms with Crippen LogP contribution in [0, 0.1) is 0 Å². The van der Waals surface area contributed by atoms with Crippen molar-refractivity contribution in [3.05, 3.63) is 6.20 Å². The van der Waals surface area contributed by atoms with Crippen molar-refractivity contribution in [2.24, 2.45) is 0 Å². The zero-order chi connectivity index (χ0) is 14.5. The van der Waals surface area contributed by atoms with Crippen LogP contribution in [0.5, 0.6) is 0 Å². The van der Waals surface area contributed by atoms with E-state index in [0.29, 0.717) is 38.1 Å². The second kappa shape index (κ2) is 6.50. The van der Waals surface area contributed by atoms with E-state index < -0.39 is 0 Å². The lowest BCUT2D eigenvalue weighted by molar-refractivity contribution is -0.169. The first kappa shape index (κ1) is 14.4. The average Bonchev–Trinajstić information content (AvgIpc) is 2.97. The lowest BCUT2D eigenvalue weighted by Crippen LogP contribution is -2.45. The third-order valence-corrected chi connectivity index (χ3v) is 3.78. The summed E-state index contributed by atoms with van der Waals surface area (Å²) in [4.78, 5) is 6.60. The van der Waals surface area contributed by atoms with Crippen LogP contribution in [0.1, 0.15) is 12.8 Å². The molecule has 2 saturated heterocycles. The molecule has 3 heterocycles. The lowest BCUT2D eigenvalue weighted by atomic mass is 10.0. The van der Waals surface area contributed by atoms with Gasteiger partial charge in [-0.2, -0.15) is 10.1 Å². The fourth-order valence-electron chi connectivity index (χ4n) is 2.63. The molecule has 0 amide bonds. The Labute approximate surface area is 123 Å². The second-order valence-corrected chi connectivity index (χ2v) is 5.16. The van der Waals surface area contributed by atoms with Crippen LogP contribution in [0.2, 0.25) is 0 Å². The minimum absolute atomic E-state index is 0.377. The van der Waals surface area contributed by atoms with Crippen molar-refractivity contribution in [3.8, 4) is 0 Å². The zero-order valence-electron chi connectivity index (χ0n) is 12.2. The quantitative estimate of drug-likeness (QED) is 0.775. The Bertz CT molecular complexity index is 457. The minimum Gasteiger partial charge on any atom is -0.383 e. The van der Waals surface area contributed by atoms with Crippen molar-refractivity contribution in [1.29, 1.82) is 0 Å². The third kappa shape index (κ3) is 3.39. The Hall–Kier alpha value is -1.51. The van der Waals surface area contributed by atoms with Crippen molar-refractivity contribution in [1.82, 2.24) is 15.2 Å². The maximum Gasteiger partial charge on any atom is 0.247 e. The van der Waals surface area contributed by atoms with Gasteiger partial charge in [0.2, 0.25) is 5.95 Å². The van der Waals surface area contributed by atoms with Gasteiger partial charge >= 0.3 is 0 Å². The van der Waals surface area contributed by atoms with E-state index in [4.69, 9.17) is 14.2 Å². The van der Waals surface area contributed by atoms with Gasteiger partial charge in [-0.05, 0) is 0 Å². The highest BCUT2D eigenvalue weighted by Gasteiger charge is 2.40. The number of nitrogens with one attached hydrogen (secondary N) is 1. The molecule has 116 valence electrons. The highest BCUT2D eigenvalue weighted by molar-refractivity contribution is 5.39. The molecule has 0 unspecified atom stereocenters. The van der Waals surface area contributed by atoms with E-state index in [1.54, 1.807) is 13.3 Å². The number of ether oxygens (including phenoxy) is 3. The number of rotatable bonds is 5. The molecule has 8 heteroatoms. The molecule has 0 atom stereocenters. The van der Waals surface area contributed by atoms with Crippen LogP contribution < -0.4 is 10.2 Å². The minimum atomic E-state index is -0.377. The van der Waals surface area contributed by atoms with E-state index in [2.05, 4.69) is 25.4 Å². The molecule has 1 aromatic heterocycles. The van der Waals surface area contributed by atoms with Gasteiger partial charge in [-0.1, -0.05) is 0 Å².